The average Bonchev–Trinajstić information content (AvgIpc) is 2.50. The summed E-state index contributed by atoms with van der Waals surface area (Å²) < 4.78 is 27.0. The second-order valence-electron chi connectivity index (χ2n) is 8.25. The number of hydrogen-bond acceptors (Lipinski definition) is 1. The Kier molecular flexibility index (Phi) is 12.8. The number of nitrogens with one attached hydrogen (secondary N) is 1. The zero-order valence-electron chi connectivity index (χ0n) is 16.8. The van der Waals surface area contributed by atoms with E-state index in [0.717, 1.165) is 38.2 Å². The van der Waals surface area contributed by atoms with Crippen molar-refractivity contribution in [3.63, 3.8) is 0 Å². The van der Waals surface area contributed by atoms with Crippen molar-refractivity contribution in [2.24, 2.45) is 5.41 Å². The second-order valence-corrected chi connectivity index (χ2v) is 8.25. The van der Waals surface area contributed by atoms with Gasteiger partial charge in [-0.25, -0.2) is 8.78 Å². The van der Waals surface area contributed by atoms with Gasteiger partial charge in [-0.05, 0) is 30.8 Å². The van der Waals surface area contributed by atoms with Crippen LogP contribution in [0.5, 0.6) is 0 Å². The molecule has 0 radical (unpaired) electrons. The minimum absolute atomic E-state index is 0.0476. The maximum Gasteiger partial charge on any atom is 0.266 e. The van der Waals surface area contributed by atoms with Crippen molar-refractivity contribution >= 4 is 5.91 Å². The Hall–Kier alpha value is -0.930. The minimum atomic E-state index is -2.76. The highest BCUT2D eigenvalue weighted by Crippen LogP contribution is 2.23. The summed E-state index contributed by atoms with van der Waals surface area (Å²) >= 11 is 0. The van der Waals surface area contributed by atoms with Gasteiger partial charge in [0.05, 0.1) is 0 Å². The number of hydrogen-bond donors (Lipinski definition) is 1. The third-order valence-corrected chi connectivity index (χ3v) is 4.22. The first-order chi connectivity index (χ1) is 11.7. The molecule has 0 aliphatic heterocycles. The highest BCUT2D eigenvalue weighted by atomic mass is 19.3. The molecule has 0 aromatic carbocycles. The molecule has 148 valence electrons. The number of carbonyl (C=O) groups excluding carboxylic acids is 1. The second kappa shape index (κ2) is 13.3. The summed E-state index contributed by atoms with van der Waals surface area (Å²) in [5.74, 6) is -2.80. The molecule has 0 rings (SSSR count). The molecule has 0 aromatic heterocycles. The zero-order chi connectivity index (χ0) is 19.2. The zero-order valence-corrected chi connectivity index (χ0v) is 16.8. The Morgan fingerprint density at radius 2 is 1.52 bits per heavy atom. The Bertz CT molecular complexity index is 373. The summed E-state index contributed by atoms with van der Waals surface area (Å²) in [6.07, 6.45) is 11.8. The molecule has 0 aliphatic rings. The molecule has 0 aromatic rings. The highest BCUT2D eigenvalue weighted by molar-refractivity contribution is 5.75. The van der Waals surface area contributed by atoms with Gasteiger partial charge in [-0.1, -0.05) is 72.3 Å². The van der Waals surface area contributed by atoms with Crippen LogP contribution in [0.4, 0.5) is 8.78 Å². The molecule has 0 bridgehead atoms. The van der Waals surface area contributed by atoms with Crippen molar-refractivity contribution in [1.82, 2.24) is 5.32 Å². The van der Waals surface area contributed by atoms with Gasteiger partial charge in [0.1, 0.15) is 0 Å². The van der Waals surface area contributed by atoms with Crippen LogP contribution < -0.4 is 5.32 Å². The molecule has 0 heterocycles. The standard InChI is InChI=1S/C21H39F2NO/c1-5-6-11-16-21(22,23)17-13-18-24-19(25)14-10-8-7-9-12-15-20(2,3)4/h13,17H,5-12,14-16,18H2,1-4H3,(H,24,25)/b17-13-. The smallest absolute Gasteiger partial charge is 0.266 e. The van der Waals surface area contributed by atoms with Gasteiger partial charge in [0.15, 0.2) is 0 Å². The molecule has 0 spiro atoms. The number of rotatable bonds is 14. The van der Waals surface area contributed by atoms with Crippen LogP contribution in [0.2, 0.25) is 0 Å². The van der Waals surface area contributed by atoms with Gasteiger partial charge in [-0.3, -0.25) is 4.79 Å². The fraction of sp³-hybridized carbons (Fsp3) is 0.857. The minimum Gasteiger partial charge on any atom is -0.353 e. The van der Waals surface area contributed by atoms with E-state index in [9.17, 15) is 13.6 Å². The predicted octanol–water partition coefficient (Wildman–Crippen LogP) is 6.65. The summed E-state index contributed by atoms with van der Waals surface area (Å²) in [6.45, 7) is 8.95. The molecule has 0 saturated carbocycles. The van der Waals surface area contributed by atoms with Gasteiger partial charge in [0.25, 0.3) is 5.92 Å². The number of alkyl halides is 2. The third-order valence-electron chi connectivity index (χ3n) is 4.22. The quantitative estimate of drug-likeness (QED) is 0.273. The SMILES string of the molecule is CCCCCC(F)(F)/C=C\CNC(=O)CCCCCCCC(C)(C)C. The van der Waals surface area contributed by atoms with E-state index in [1.165, 1.54) is 25.3 Å². The van der Waals surface area contributed by atoms with Crippen LogP contribution in [-0.4, -0.2) is 18.4 Å². The van der Waals surface area contributed by atoms with Gasteiger partial charge in [0, 0.05) is 19.4 Å². The lowest BCUT2D eigenvalue weighted by molar-refractivity contribution is -0.121. The first-order valence-corrected chi connectivity index (χ1v) is 9.98. The molecule has 1 N–H and O–H groups in total. The van der Waals surface area contributed by atoms with Crippen molar-refractivity contribution < 1.29 is 13.6 Å². The molecule has 4 heteroatoms. The lowest BCUT2D eigenvalue weighted by atomic mass is 9.89. The monoisotopic (exact) mass is 359 g/mol. The van der Waals surface area contributed by atoms with E-state index in [2.05, 4.69) is 26.1 Å². The number of unbranched alkanes of at least 4 members (excludes halogenated alkanes) is 6. The Balaban J connectivity index is 3.62. The van der Waals surface area contributed by atoms with E-state index in [1.807, 2.05) is 6.92 Å². The van der Waals surface area contributed by atoms with E-state index in [0.29, 0.717) is 18.3 Å². The van der Waals surface area contributed by atoms with Gasteiger partial charge in [0.2, 0.25) is 5.91 Å². The van der Waals surface area contributed by atoms with E-state index in [4.69, 9.17) is 0 Å². The molecule has 0 fully saturated rings. The van der Waals surface area contributed by atoms with Crippen LogP contribution >= 0.6 is 0 Å². The predicted molar refractivity (Wildman–Crippen MR) is 103 cm³/mol. The number of halogens is 2. The van der Waals surface area contributed by atoms with Gasteiger partial charge in [-0.2, -0.15) is 0 Å². The van der Waals surface area contributed by atoms with E-state index in [-0.39, 0.29) is 18.9 Å². The first-order valence-electron chi connectivity index (χ1n) is 9.98. The first kappa shape index (κ1) is 24.1. The third kappa shape index (κ3) is 17.7. The lowest BCUT2D eigenvalue weighted by Crippen LogP contribution is -2.23. The topological polar surface area (TPSA) is 29.1 Å². The molecule has 0 unspecified atom stereocenters. The summed E-state index contributed by atoms with van der Waals surface area (Å²) in [7, 11) is 0. The van der Waals surface area contributed by atoms with Crippen molar-refractivity contribution in [2.45, 2.75) is 104 Å². The van der Waals surface area contributed by atoms with Crippen LogP contribution in [0.3, 0.4) is 0 Å². The lowest BCUT2D eigenvalue weighted by Gasteiger charge is -2.17. The summed E-state index contributed by atoms with van der Waals surface area (Å²) in [4.78, 5) is 11.7. The number of amides is 1. The van der Waals surface area contributed by atoms with Crippen LogP contribution in [0.15, 0.2) is 12.2 Å². The largest absolute Gasteiger partial charge is 0.353 e. The van der Waals surface area contributed by atoms with Crippen molar-refractivity contribution in [1.29, 1.82) is 0 Å². The van der Waals surface area contributed by atoms with Crippen LogP contribution in [0, 0.1) is 5.41 Å². The van der Waals surface area contributed by atoms with Crippen LogP contribution in [0.1, 0.15) is 98.3 Å². The molecular formula is C21H39F2NO. The van der Waals surface area contributed by atoms with E-state index in [1.54, 1.807) is 0 Å². The van der Waals surface area contributed by atoms with Gasteiger partial charge in [-0.15, -0.1) is 0 Å². The maximum absolute atomic E-state index is 13.5. The highest BCUT2D eigenvalue weighted by Gasteiger charge is 2.23. The summed E-state index contributed by atoms with van der Waals surface area (Å²) in [5, 5.41) is 2.69. The van der Waals surface area contributed by atoms with E-state index >= 15 is 0 Å². The Morgan fingerprint density at radius 3 is 2.16 bits per heavy atom. The normalized spacial score (nSPS) is 12.7. The number of allylic oxidation sites excluding steroid dienone is 1. The molecule has 25 heavy (non-hydrogen) atoms. The van der Waals surface area contributed by atoms with Crippen LogP contribution in [0.25, 0.3) is 0 Å². The molecule has 0 aliphatic carbocycles. The molecular weight excluding hydrogens is 320 g/mol. The van der Waals surface area contributed by atoms with Crippen molar-refractivity contribution in [3.8, 4) is 0 Å². The van der Waals surface area contributed by atoms with Crippen LogP contribution in [-0.2, 0) is 4.79 Å². The molecule has 2 nitrogen and oxygen atoms in total. The number of carbonyl (C=O) groups is 1. The fourth-order valence-electron chi connectivity index (χ4n) is 2.66. The van der Waals surface area contributed by atoms with Crippen molar-refractivity contribution in [3.05, 3.63) is 12.2 Å². The Labute approximate surface area is 153 Å². The Morgan fingerprint density at radius 1 is 0.920 bits per heavy atom. The average molecular weight is 360 g/mol. The van der Waals surface area contributed by atoms with Crippen molar-refractivity contribution in [2.75, 3.05) is 6.54 Å². The van der Waals surface area contributed by atoms with E-state index < -0.39 is 5.92 Å². The fourth-order valence-corrected chi connectivity index (χ4v) is 2.66. The molecule has 0 atom stereocenters. The summed E-state index contributed by atoms with van der Waals surface area (Å²) in [6, 6.07) is 0. The van der Waals surface area contributed by atoms with Gasteiger partial charge >= 0.3 is 0 Å². The molecule has 1 amide bonds. The maximum atomic E-state index is 13.5. The summed E-state index contributed by atoms with van der Waals surface area (Å²) in [5.41, 5.74) is 0.403. The molecule has 0 saturated heterocycles. The van der Waals surface area contributed by atoms with Gasteiger partial charge < -0.3 is 5.32 Å².